The zero-order valence-corrected chi connectivity index (χ0v) is 17.2. The van der Waals surface area contributed by atoms with Crippen LogP contribution in [0.3, 0.4) is 0 Å². The Balaban J connectivity index is 1.60. The quantitative estimate of drug-likeness (QED) is 0.263. The molecule has 0 nitrogen and oxygen atoms in total. The van der Waals surface area contributed by atoms with Crippen LogP contribution in [0, 0.1) is 13.8 Å². The third-order valence-corrected chi connectivity index (χ3v) is 9.51. The van der Waals surface area contributed by atoms with E-state index in [4.69, 9.17) is 0 Å². The Morgan fingerprint density at radius 2 is 1.22 bits per heavy atom. The van der Waals surface area contributed by atoms with Crippen LogP contribution in [0.2, 0.25) is 0 Å². The second-order valence-corrected chi connectivity index (χ2v) is 11.3. The number of fused-ring (bicyclic) bond motifs is 3. The van der Waals surface area contributed by atoms with E-state index in [1.54, 1.807) is 18.8 Å². The van der Waals surface area contributed by atoms with Gasteiger partial charge in [0.25, 0.3) is 0 Å². The zero-order chi connectivity index (χ0) is 16.2. The molecule has 0 spiro atoms. The molecule has 0 saturated heterocycles. The molecule has 0 radical (unpaired) electrons. The number of aryl methyl sites for hydroxylation is 3. The first-order chi connectivity index (χ1) is 11.2. The summed E-state index contributed by atoms with van der Waals surface area (Å²) in [7, 11) is 0.375. The first-order valence-corrected chi connectivity index (χ1v) is 12.2. The van der Waals surface area contributed by atoms with Gasteiger partial charge in [0, 0.05) is 21.9 Å². The molecule has 0 unspecified atom stereocenters. The number of unbranched alkanes of at least 4 members (excludes halogenated alkanes) is 7. The third kappa shape index (κ3) is 4.00. The van der Waals surface area contributed by atoms with Crippen molar-refractivity contribution in [2.75, 3.05) is 0 Å². The molecule has 3 heteroatoms. The minimum Gasteiger partial charge on any atom is -0.134 e. The number of hydrogen-bond acceptors (Lipinski definition) is 2. The Morgan fingerprint density at radius 3 is 1.74 bits per heavy atom. The normalized spacial score (nSPS) is 12.0. The number of hydrogen-bond donors (Lipinski definition) is 0. The van der Waals surface area contributed by atoms with Crippen LogP contribution in [-0.4, -0.2) is 0 Å². The topological polar surface area (TPSA) is 0 Å². The summed E-state index contributed by atoms with van der Waals surface area (Å²) in [6.07, 6.45) is 11.4. The SMILES string of the molecule is CCCCCCCCCC[s+]1c2cc(C)sc2c2sc(C)cc21. The van der Waals surface area contributed by atoms with Gasteiger partial charge < -0.3 is 0 Å². The van der Waals surface area contributed by atoms with E-state index in [0.29, 0.717) is 10.5 Å². The molecule has 0 bridgehead atoms. The molecule has 0 fully saturated rings. The van der Waals surface area contributed by atoms with Crippen LogP contribution in [0.25, 0.3) is 18.8 Å². The summed E-state index contributed by atoms with van der Waals surface area (Å²) in [5.74, 6) is 1.38. The van der Waals surface area contributed by atoms with Crippen molar-refractivity contribution in [2.45, 2.75) is 77.9 Å². The van der Waals surface area contributed by atoms with Crippen molar-refractivity contribution in [1.82, 2.24) is 0 Å². The predicted octanol–water partition coefficient (Wildman–Crippen LogP) is 8.62. The zero-order valence-electron chi connectivity index (χ0n) is 14.7. The van der Waals surface area contributed by atoms with Crippen molar-refractivity contribution in [3.05, 3.63) is 21.9 Å². The molecule has 0 atom stereocenters. The molecule has 0 aromatic carbocycles. The lowest BCUT2D eigenvalue weighted by atomic mass is 10.1. The van der Waals surface area contributed by atoms with Gasteiger partial charge in [0.05, 0.1) is 0 Å². The van der Waals surface area contributed by atoms with Crippen LogP contribution in [0.5, 0.6) is 0 Å². The number of thiophene rings is 3. The van der Waals surface area contributed by atoms with Gasteiger partial charge in [0.2, 0.25) is 0 Å². The van der Waals surface area contributed by atoms with Crippen molar-refractivity contribution in [3.63, 3.8) is 0 Å². The lowest BCUT2D eigenvalue weighted by Crippen LogP contribution is -1.81. The Kier molecular flexibility index (Phi) is 6.17. The summed E-state index contributed by atoms with van der Waals surface area (Å²) in [4.78, 5) is 2.97. The van der Waals surface area contributed by atoms with E-state index in [1.165, 1.54) is 66.9 Å². The summed E-state index contributed by atoms with van der Waals surface area (Å²) in [6, 6.07) is 4.94. The Labute approximate surface area is 151 Å². The molecular weight excluding hydrogens is 336 g/mol. The molecule has 3 rings (SSSR count). The highest BCUT2D eigenvalue weighted by Gasteiger charge is 2.25. The van der Waals surface area contributed by atoms with E-state index in [9.17, 15) is 0 Å². The summed E-state index contributed by atoms with van der Waals surface area (Å²) in [6.45, 7) is 6.82. The van der Waals surface area contributed by atoms with Crippen molar-refractivity contribution < 1.29 is 0 Å². The van der Waals surface area contributed by atoms with Crippen LogP contribution in [-0.2, 0) is 5.75 Å². The smallest absolute Gasteiger partial charge is 0.134 e. The second kappa shape index (κ2) is 8.13. The van der Waals surface area contributed by atoms with E-state index < -0.39 is 0 Å². The molecule has 0 amide bonds. The third-order valence-electron chi connectivity index (χ3n) is 4.58. The first-order valence-electron chi connectivity index (χ1n) is 9.13. The van der Waals surface area contributed by atoms with Crippen molar-refractivity contribution >= 4 is 51.9 Å². The summed E-state index contributed by atoms with van der Waals surface area (Å²) in [5.41, 5.74) is 0. The maximum Gasteiger partial charge on any atom is 0.193 e. The lowest BCUT2D eigenvalue weighted by Gasteiger charge is -1.99. The maximum absolute atomic E-state index is 2.47. The van der Waals surface area contributed by atoms with Gasteiger partial charge in [0.15, 0.2) is 9.40 Å². The van der Waals surface area contributed by atoms with Gasteiger partial charge in [-0.2, -0.15) is 0 Å². The van der Waals surface area contributed by atoms with Gasteiger partial charge in [-0.05, 0) is 37.2 Å². The maximum atomic E-state index is 2.47. The predicted molar refractivity (Wildman–Crippen MR) is 112 cm³/mol. The van der Waals surface area contributed by atoms with Gasteiger partial charge in [-0.1, -0.05) is 45.4 Å². The average Bonchev–Trinajstić information content (AvgIpc) is 3.14. The summed E-state index contributed by atoms with van der Waals surface area (Å²) < 4.78 is 6.52. The molecule has 3 aromatic heterocycles. The minimum atomic E-state index is 0.375. The molecule has 126 valence electrons. The summed E-state index contributed by atoms with van der Waals surface area (Å²) in [5, 5.41) is 0. The average molecular weight is 366 g/mol. The van der Waals surface area contributed by atoms with E-state index in [-0.39, 0.29) is 0 Å². The molecule has 0 N–H and O–H groups in total. The molecule has 0 aliphatic carbocycles. The van der Waals surface area contributed by atoms with Crippen LogP contribution in [0.15, 0.2) is 12.1 Å². The van der Waals surface area contributed by atoms with Gasteiger partial charge in [0.1, 0.15) is 15.2 Å². The fraction of sp³-hybridized carbons (Fsp3) is 0.600. The fourth-order valence-corrected chi connectivity index (χ4v) is 8.95. The monoisotopic (exact) mass is 365 g/mol. The van der Waals surface area contributed by atoms with Crippen LogP contribution >= 0.6 is 33.1 Å². The van der Waals surface area contributed by atoms with Crippen LogP contribution < -0.4 is 0 Å². The molecule has 0 aliphatic rings. The van der Waals surface area contributed by atoms with Crippen molar-refractivity contribution in [3.8, 4) is 0 Å². The lowest BCUT2D eigenvalue weighted by molar-refractivity contribution is 0.582. The van der Waals surface area contributed by atoms with E-state index in [1.807, 2.05) is 22.7 Å². The van der Waals surface area contributed by atoms with Crippen molar-refractivity contribution in [2.24, 2.45) is 0 Å². The molecular formula is C20H29S3+. The summed E-state index contributed by atoms with van der Waals surface area (Å²) >= 11 is 4.02. The Bertz CT molecular complexity index is 703. The van der Waals surface area contributed by atoms with Crippen molar-refractivity contribution in [1.29, 1.82) is 0 Å². The minimum absolute atomic E-state index is 0.375. The molecule has 3 heterocycles. The van der Waals surface area contributed by atoms with Crippen LogP contribution in [0.1, 0.15) is 68.0 Å². The fourth-order valence-electron chi connectivity index (χ4n) is 3.38. The van der Waals surface area contributed by atoms with Gasteiger partial charge in [-0.3, -0.25) is 0 Å². The van der Waals surface area contributed by atoms with Gasteiger partial charge in [-0.15, -0.1) is 22.7 Å². The Morgan fingerprint density at radius 1 is 0.739 bits per heavy atom. The highest BCUT2D eigenvalue weighted by molar-refractivity contribution is 7.48. The van der Waals surface area contributed by atoms with Gasteiger partial charge >= 0.3 is 0 Å². The number of rotatable bonds is 9. The highest BCUT2D eigenvalue weighted by atomic mass is 32.2. The standard InChI is InChI=1S/C20H29S3/c1-4-5-6-7-8-9-10-11-12-23-17-13-15(2)21-19(17)20-18(23)14-16(3)22-20/h13-14H,4-12H2,1-3H3/q+1. The van der Waals surface area contributed by atoms with Gasteiger partial charge in [-0.25, -0.2) is 0 Å². The van der Waals surface area contributed by atoms with E-state index in [2.05, 4.69) is 32.9 Å². The second-order valence-electron chi connectivity index (χ2n) is 6.67. The van der Waals surface area contributed by atoms with E-state index in [0.717, 1.165) is 0 Å². The van der Waals surface area contributed by atoms with E-state index >= 15 is 0 Å². The van der Waals surface area contributed by atoms with Crippen LogP contribution in [0.4, 0.5) is 0 Å². The molecule has 23 heavy (non-hydrogen) atoms. The molecule has 0 saturated carbocycles. The Hall–Kier alpha value is -0.380. The largest absolute Gasteiger partial charge is 0.193 e. The molecule has 0 aliphatic heterocycles. The molecule has 3 aromatic rings. The first kappa shape index (κ1) is 17.4. The highest BCUT2D eigenvalue weighted by Crippen LogP contribution is 2.50.